The molecule has 0 aromatic heterocycles. The van der Waals surface area contributed by atoms with Crippen LogP contribution in [-0.4, -0.2) is 10.8 Å². The molecule has 0 fully saturated rings. The second kappa shape index (κ2) is 5.88. The van der Waals surface area contributed by atoms with Gasteiger partial charge in [0.25, 0.3) is 11.6 Å². The predicted octanol–water partition coefficient (Wildman–Crippen LogP) is 3.95. The van der Waals surface area contributed by atoms with Crippen molar-refractivity contribution in [2.75, 3.05) is 5.32 Å². The van der Waals surface area contributed by atoms with Crippen LogP contribution < -0.4 is 5.32 Å². The number of carbonyl (C=O) groups excluding carboxylic acids is 1. The molecule has 108 valence electrons. The van der Waals surface area contributed by atoms with Gasteiger partial charge >= 0.3 is 0 Å². The average Bonchev–Trinajstić information content (AvgIpc) is 2.43. The summed E-state index contributed by atoms with van der Waals surface area (Å²) >= 11 is 5.86. The number of nitrogens with zero attached hydrogens (tertiary/aromatic N) is 1. The van der Waals surface area contributed by atoms with Crippen molar-refractivity contribution in [2.24, 2.45) is 0 Å². The predicted molar refractivity (Wildman–Crippen MR) is 77.2 cm³/mol. The van der Waals surface area contributed by atoms with Crippen molar-refractivity contribution in [1.29, 1.82) is 0 Å². The van der Waals surface area contributed by atoms with Gasteiger partial charge in [-0.05, 0) is 25.1 Å². The van der Waals surface area contributed by atoms with Gasteiger partial charge in [-0.3, -0.25) is 14.9 Å². The van der Waals surface area contributed by atoms with Crippen molar-refractivity contribution < 1.29 is 14.1 Å². The Bertz CT molecular complexity index is 734. The van der Waals surface area contributed by atoms with Crippen molar-refractivity contribution >= 4 is 28.9 Å². The van der Waals surface area contributed by atoms with E-state index in [1.165, 1.54) is 24.3 Å². The molecule has 1 N–H and O–H groups in total. The number of aryl methyl sites for hydroxylation is 1. The van der Waals surface area contributed by atoms with Crippen LogP contribution in [0.3, 0.4) is 0 Å². The number of nitro groups is 1. The quantitative estimate of drug-likeness (QED) is 0.689. The average molecular weight is 309 g/mol. The van der Waals surface area contributed by atoms with Crippen molar-refractivity contribution in [3.05, 3.63) is 68.5 Å². The topological polar surface area (TPSA) is 72.2 Å². The molecule has 7 heteroatoms. The van der Waals surface area contributed by atoms with Gasteiger partial charge in [0.2, 0.25) is 0 Å². The molecule has 0 heterocycles. The van der Waals surface area contributed by atoms with Crippen LogP contribution in [0.4, 0.5) is 15.8 Å². The number of halogens is 2. The van der Waals surface area contributed by atoms with E-state index >= 15 is 0 Å². The van der Waals surface area contributed by atoms with Gasteiger partial charge in [0.1, 0.15) is 5.82 Å². The van der Waals surface area contributed by atoms with E-state index in [0.717, 1.165) is 11.6 Å². The zero-order chi connectivity index (χ0) is 15.6. The monoisotopic (exact) mass is 308 g/mol. The standard InChI is InChI=1S/C14H10ClFN2O3/c1-8-2-4-12(16)10(6-8)14(19)17-13-5-3-9(18(20)21)7-11(13)15/h2-7H,1H3,(H,17,19). The maximum Gasteiger partial charge on any atom is 0.271 e. The highest BCUT2D eigenvalue weighted by Gasteiger charge is 2.15. The molecule has 21 heavy (non-hydrogen) atoms. The van der Waals surface area contributed by atoms with Crippen molar-refractivity contribution in [1.82, 2.24) is 0 Å². The third-order valence-electron chi connectivity index (χ3n) is 2.78. The van der Waals surface area contributed by atoms with E-state index < -0.39 is 16.6 Å². The van der Waals surface area contributed by atoms with E-state index in [2.05, 4.69) is 5.32 Å². The van der Waals surface area contributed by atoms with Crippen LogP contribution in [-0.2, 0) is 0 Å². The van der Waals surface area contributed by atoms with E-state index in [4.69, 9.17) is 11.6 Å². The van der Waals surface area contributed by atoms with Gasteiger partial charge in [0.05, 0.1) is 21.2 Å². The number of anilines is 1. The second-order valence-corrected chi connectivity index (χ2v) is 4.77. The molecule has 0 saturated heterocycles. The summed E-state index contributed by atoms with van der Waals surface area (Å²) < 4.78 is 13.6. The van der Waals surface area contributed by atoms with Gasteiger partial charge < -0.3 is 5.32 Å². The first-order chi connectivity index (χ1) is 9.88. The highest BCUT2D eigenvalue weighted by Crippen LogP contribution is 2.27. The van der Waals surface area contributed by atoms with Crippen LogP contribution >= 0.6 is 11.6 Å². The van der Waals surface area contributed by atoms with Gasteiger partial charge in [-0.1, -0.05) is 23.2 Å². The first kappa shape index (κ1) is 14.9. The Morgan fingerprint density at radius 3 is 2.62 bits per heavy atom. The van der Waals surface area contributed by atoms with Crippen molar-refractivity contribution in [2.45, 2.75) is 6.92 Å². The van der Waals surface area contributed by atoms with Crippen molar-refractivity contribution in [3.8, 4) is 0 Å². The molecule has 0 bridgehead atoms. The van der Waals surface area contributed by atoms with E-state index in [1.807, 2.05) is 0 Å². The molecule has 0 radical (unpaired) electrons. The summed E-state index contributed by atoms with van der Waals surface area (Å²) in [5, 5.41) is 13.0. The normalized spacial score (nSPS) is 10.2. The summed E-state index contributed by atoms with van der Waals surface area (Å²) in [6.07, 6.45) is 0. The Hall–Kier alpha value is -2.47. The number of carbonyl (C=O) groups is 1. The molecular formula is C14H10ClFN2O3. The van der Waals surface area contributed by atoms with Gasteiger partial charge in [-0.15, -0.1) is 0 Å². The fraction of sp³-hybridized carbons (Fsp3) is 0.0714. The third kappa shape index (κ3) is 3.35. The second-order valence-electron chi connectivity index (χ2n) is 4.36. The maximum atomic E-state index is 13.6. The van der Waals surface area contributed by atoms with Crippen LogP contribution in [0.5, 0.6) is 0 Å². The van der Waals surface area contributed by atoms with Crippen molar-refractivity contribution in [3.63, 3.8) is 0 Å². The Balaban J connectivity index is 2.27. The number of rotatable bonds is 3. The van der Waals surface area contributed by atoms with E-state index in [-0.39, 0.29) is 22.0 Å². The van der Waals surface area contributed by atoms with Gasteiger partial charge in [-0.2, -0.15) is 0 Å². The number of nitrogens with one attached hydrogen (secondary N) is 1. The fourth-order valence-electron chi connectivity index (χ4n) is 1.72. The lowest BCUT2D eigenvalue weighted by atomic mass is 10.1. The molecule has 2 rings (SSSR count). The largest absolute Gasteiger partial charge is 0.321 e. The summed E-state index contributed by atoms with van der Waals surface area (Å²) in [7, 11) is 0. The SMILES string of the molecule is Cc1ccc(F)c(C(=O)Nc2ccc([N+](=O)[O-])cc2Cl)c1. The zero-order valence-electron chi connectivity index (χ0n) is 10.9. The smallest absolute Gasteiger partial charge is 0.271 e. The first-order valence-corrected chi connectivity index (χ1v) is 6.27. The highest BCUT2D eigenvalue weighted by molar-refractivity contribution is 6.34. The summed E-state index contributed by atoms with van der Waals surface area (Å²) in [5.41, 5.74) is 0.591. The molecule has 2 aromatic carbocycles. The zero-order valence-corrected chi connectivity index (χ0v) is 11.6. The number of non-ortho nitro benzene ring substituents is 1. The minimum atomic E-state index is -0.674. The Labute approximate surface area is 124 Å². The van der Waals surface area contributed by atoms with E-state index in [9.17, 15) is 19.3 Å². The molecule has 1 amide bonds. The first-order valence-electron chi connectivity index (χ1n) is 5.90. The molecule has 2 aromatic rings. The number of nitro benzene ring substituents is 1. The number of benzene rings is 2. The van der Waals surface area contributed by atoms with Crippen LogP contribution in [0.2, 0.25) is 5.02 Å². The molecule has 0 spiro atoms. The Morgan fingerprint density at radius 1 is 1.29 bits per heavy atom. The van der Waals surface area contributed by atoms with Crippen LogP contribution in [0.1, 0.15) is 15.9 Å². The van der Waals surface area contributed by atoms with Crippen LogP contribution in [0, 0.1) is 22.9 Å². The molecule has 5 nitrogen and oxygen atoms in total. The molecule has 0 atom stereocenters. The molecular weight excluding hydrogens is 299 g/mol. The lowest BCUT2D eigenvalue weighted by Gasteiger charge is -2.08. The van der Waals surface area contributed by atoms with Gasteiger partial charge in [0.15, 0.2) is 0 Å². The van der Waals surface area contributed by atoms with Gasteiger partial charge in [-0.25, -0.2) is 4.39 Å². The Kier molecular flexibility index (Phi) is 4.18. The molecule has 0 aliphatic rings. The summed E-state index contributed by atoms with van der Waals surface area (Å²) in [4.78, 5) is 22.0. The highest BCUT2D eigenvalue weighted by atomic mass is 35.5. The molecule has 0 saturated carbocycles. The summed E-state index contributed by atoms with van der Waals surface area (Å²) in [6, 6.07) is 7.76. The maximum absolute atomic E-state index is 13.6. The lowest BCUT2D eigenvalue weighted by molar-refractivity contribution is -0.384. The lowest BCUT2D eigenvalue weighted by Crippen LogP contribution is -2.14. The van der Waals surface area contributed by atoms with Crippen LogP contribution in [0.25, 0.3) is 0 Å². The van der Waals surface area contributed by atoms with E-state index in [0.29, 0.717) is 0 Å². The molecule has 0 unspecified atom stereocenters. The fourth-order valence-corrected chi connectivity index (χ4v) is 1.94. The molecule has 0 aliphatic heterocycles. The van der Waals surface area contributed by atoms with Gasteiger partial charge in [0, 0.05) is 12.1 Å². The molecule has 0 aliphatic carbocycles. The Morgan fingerprint density at radius 2 is 2.00 bits per heavy atom. The van der Waals surface area contributed by atoms with Crippen LogP contribution in [0.15, 0.2) is 36.4 Å². The number of hydrogen-bond acceptors (Lipinski definition) is 3. The minimum absolute atomic E-state index is 0.00520. The number of hydrogen-bond donors (Lipinski definition) is 1. The summed E-state index contributed by atoms with van der Waals surface area (Å²) in [5.74, 6) is -1.33. The minimum Gasteiger partial charge on any atom is -0.321 e. The third-order valence-corrected chi connectivity index (χ3v) is 3.09. The summed E-state index contributed by atoms with van der Waals surface area (Å²) in [6.45, 7) is 1.73. The van der Waals surface area contributed by atoms with E-state index in [1.54, 1.807) is 13.0 Å². The number of amides is 1.